The second kappa shape index (κ2) is 4.29. The van der Waals surface area contributed by atoms with Crippen LogP contribution in [0, 0.1) is 0 Å². The number of pyridine rings is 1. The summed E-state index contributed by atoms with van der Waals surface area (Å²) in [7, 11) is 1.76. The number of nitrogens with zero attached hydrogens (tertiary/aromatic N) is 3. The maximum absolute atomic E-state index is 12.1. The lowest BCUT2D eigenvalue weighted by molar-refractivity contribution is 0.595. The lowest BCUT2D eigenvalue weighted by atomic mass is 10.2. The average molecular weight is 241 g/mol. The van der Waals surface area contributed by atoms with Gasteiger partial charge in [-0.05, 0) is 25.0 Å². The quantitative estimate of drug-likeness (QED) is 0.756. The molecule has 18 heavy (non-hydrogen) atoms. The minimum absolute atomic E-state index is 0.00748. The van der Waals surface area contributed by atoms with Gasteiger partial charge in [-0.3, -0.25) is 4.79 Å². The van der Waals surface area contributed by atoms with Gasteiger partial charge in [0.1, 0.15) is 5.82 Å². The minimum atomic E-state index is -0.00748. The molecule has 3 rings (SSSR count). The SMILES string of the molecule is Cn1cccc(-c2nccn2C2C=CCC2)c1=O. The normalized spacial score (nSPS) is 18.4. The van der Waals surface area contributed by atoms with Crippen molar-refractivity contribution in [3.05, 3.63) is 53.2 Å². The molecular formula is C14H15N3O. The summed E-state index contributed by atoms with van der Waals surface area (Å²) in [5.41, 5.74) is 0.650. The Bertz CT molecular complexity index is 651. The van der Waals surface area contributed by atoms with Gasteiger partial charge in [-0.2, -0.15) is 0 Å². The number of hydrogen-bond acceptors (Lipinski definition) is 2. The van der Waals surface area contributed by atoms with Crippen LogP contribution in [0.15, 0.2) is 47.7 Å². The molecule has 4 heteroatoms. The maximum Gasteiger partial charge on any atom is 0.261 e. The van der Waals surface area contributed by atoms with Gasteiger partial charge in [0.15, 0.2) is 0 Å². The predicted octanol–water partition coefficient (Wildman–Crippen LogP) is 2.14. The van der Waals surface area contributed by atoms with Crippen LogP contribution in [-0.2, 0) is 7.05 Å². The summed E-state index contributed by atoms with van der Waals surface area (Å²) in [6, 6.07) is 4.03. The Morgan fingerprint density at radius 3 is 3.06 bits per heavy atom. The molecule has 2 heterocycles. The van der Waals surface area contributed by atoms with Crippen molar-refractivity contribution >= 4 is 0 Å². The molecule has 92 valence electrons. The summed E-state index contributed by atoms with van der Waals surface area (Å²) in [4.78, 5) is 16.5. The number of aryl methyl sites for hydroxylation is 1. The molecule has 2 aromatic rings. The van der Waals surface area contributed by atoms with E-state index in [1.54, 1.807) is 24.0 Å². The third-order valence-electron chi connectivity index (χ3n) is 3.38. The molecule has 0 radical (unpaired) electrons. The first-order valence-corrected chi connectivity index (χ1v) is 6.13. The van der Waals surface area contributed by atoms with Crippen LogP contribution in [0.25, 0.3) is 11.4 Å². The molecule has 0 N–H and O–H groups in total. The van der Waals surface area contributed by atoms with Crippen LogP contribution in [0.4, 0.5) is 0 Å². The van der Waals surface area contributed by atoms with Gasteiger partial charge in [0.25, 0.3) is 5.56 Å². The second-order valence-electron chi connectivity index (χ2n) is 4.57. The van der Waals surface area contributed by atoms with Gasteiger partial charge in [0.2, 0.25) is 0 Å². The van der Waals surface area contributed by atoms with Gasteiger partial charge >= 0.3 is 0 Å². The number of imidazole rings is 1. The molecule has 0 saturated carbocycles. The third kappa shape index (κ3) is 1.70. The smallest absolute Gasteiger partial charge is 0.261 e. The van der Waals surface area contributed by atoms with Gasteiger partial charge in [-0.15, -0.1) is 0 Å². The van der Waals surface area contributed by atoms with Crippen LogP contribution in [0.2, 0.25) is 0 Å². The molecule has 4 nitrogen and oxygen atoms in total. The number of rotatable bonds is 2. The molecular weight excluding hydrogens is 226 g/mol. The lowest BCUT2D eigenvalue weighted by Gasteiger charge is -2.13. The van der Waals surface area contributed by atoms with Crippen LogP contribution in [0.5, 0.6) is 0 Å². The summed E-state index contributed by atoms with van der Waals surface area (Å²) in [5.74, 6) is 0.757. The van der Waals surface area contributed by atoms with Crippen molar-refractivity contribution in [2.24, 2.45) is 7.05 Å². The van der Waals surface area contributed by atoms with E-state index in [4.69, 9.17) is 0 Å². The molecule has 1 aliphatic rings. The number of aromatic nitrogens is 3. The van der Waals surface area contributed by atoms with Gasteiger partial charge in [-0.25, -0.2) is 4.98 Å². The standard InChI is InChI=1S/C14H15N3O/c1-16-9-4-7-12(14(16)18)13-15-8-10-17(13)11-5-2-3-6-11/h2,4-5,7-11H,3,6H2,1H3. The van der Waals surface area contributed by atoms with Crippen molar-refractivity contribution in [1.82, 2.24) is 14.1 Å². The van der Waals surface area contributed by atoms with Crippen LogP contribution in [0.1, 0.15) is 18.9 Å². The molecule has 0 aliphatic heterocycles. The Kier molecular flexibility index (Phi) is 2.63. The van der Waals surface area contributed by atoms with Crippen LogP contribution in [-0.4, -0.2) is 14.1 Å². The number of hydrogen-bond donors (Lipinski definition) is 0. The van der Waals surface area contributed by atoms with E-state index in [1.807, 2.05) is 18.3 Å². The fourth-order valence-electron chi connectivity index (χ4n) is 2.41. The van der Waals surface area contributed by atoms with E-state index < -0.39 is 0 Å². The minimum Gasteiger partial charge on any atom is -0.324 e. The highest BCUT2D eigenvalue weighted by molar-refractivity contribution is 5.54. The van der Waals surface area contributed by atoms with Crippen molar-refractivity contribution in [3.63, 3.8) is 0 Å². The number of allylic oxidation sites excluding steroid dienone is 2. The topological polar surface area (TPSA) is 39.8 Å². The van der Waals surface area contributed by atoms with Crippen LogP contribution in [0.3, 0.4) is 0 Å². The fourth-order valence-corrected chi connectivity index (χ4v) is 2.41. The summed E-state index contributed by atoms with van der Waals surface area (Å²) in [6.45, 7) is 0. The molecule has 0 spiro atoms. The summed E-state index contributed by atoms with van der Waals surface area (Å²) < 4.78 is 3.67. The van der Waals surface area contributed by atoms with E-state index in [0.717, 1.165) is 18.7 Å². The molecule has 2 aromatic heterocycles. The van der Waals surface area contributed by atoms with E-state index >= 15 is 0 Å². The lowest BCUT2D eigenvalue weighted by Crippen LogP contribution is -2.19. The van der Waals surface area contributed by atoms with E-state index in [0.29, 0.717) is 11.6 Å². The fraction of sp³-hybridized carbons (Fsp3) is 0.286. The van der Waals surface area contributed by atoms with Crippen molar-refractivity contribution in [2.45, 2.75) is 18.9 Å². The largest absolute Gasteiger partial charge is 0.324 e. The zero-order valence-electron chi connectivity index (χ0n) is 10.3. The molecule has 0 amide bonds. The van der Waals surface area contributed by atoms with E-state index in [1.165, 1.54) is 0 Å². The summed E-state index contributed by atoms with van der Waals surface area (Å²) in [5, 5.41) is 0. The molecule has 1 aliphatic carbocycles. The summed E-state index contributed by atoms with van der Waals surface area (Å²) >= 11 is 0. The Hall–Kier alpha value is -2.10. The monoisotopic (exact) mass is 241 g/mol. The van der Waals surface area contributed by atoms with Crippen molar-refractivity contribution in [2.75, 3.05) is 0 Å². The highest BCUT2D eigenvalue weighted by atomic mass is 16.1. The first-order chi connectivity index (χ1) is 8.77. The molecule has 0 fully saturated rings. The molecule has 0 saturated heterocycles. The van der Waals surface area contributed by atoms with Gasteiger partial charge in [0.05, 0.1) is 11.6 Å². The average Bonchev–Trinajstić information content (AvgIpc) is 3.01. The van der Waals surface area contributed by atoms with E-state index in [-0.39, 0.29) is 5.56 Å². The molecule has 0 bridgehead atoms. The van der Waals surface area contributed by atoms with Crippen molar-refractivity contribution < 1.29 is 0 Å². The highest BCUT2D eigenvalue weighted by Crippen LogP contribution is 2.26. The third-order valence-corrected chi connectivity index (χ3v) is 3.38. The predicted molar refractivity (Wildman–Crippen MR) is 70.3 cm³/mol. The van der Waals surface area contributed by atoms with E-state index in [2.05, 4.69) is 21.7 Å². The molecule has 0 aromatic carbocycles. The van der Waals surface area contributed by atoms with Gasteiger partial charge in [0, 0.05) is 25.6 Å². The van der Waals surface area contributed by atoms with Crippen LogP contribution < -0.4 is 5.56 Å². The van der Waals surface area contributed by atoms with Crippen LogP contribution >= 0.6 is 0 Å². The molecule has 1 unspecified atom stereocenters. The Labute approximate surface area is 105 Å². The Morgan fingerprint density at radius 2 is 2.28 bits per heavy atom. The Morgan fingerprint density at radius 1 is 1.39 bits per heavy atom. The zero-order valence-corrected chi connectivity index (χ0v) is 10.3. The first kappa shape index (κ1) is 11.0. The second-order valence-corrected chi connectivity index (χ2v) is 4.57. The van der Waals surface area contributed by atoms with Gasteiger partial charge in [-0.1, -0.05) is 12.2 Å². The molecule has 1 atom stereocenters. The Balaban J connectivity index is 2.12. The summed E-state index contributed by atoms with van der Waals surface area (Å²) in [6.07, 6.45) is 12.0. The van der Waals surface area contributed by atoms with Crippen molar-refractivity contribution in [3.8, 4) is 11.4 Å². The van der Waals surface area contributed by atoms with E-state index in [9.17, 15) is 4.79 Å². The zero-order chi connectivity index (χ0) is 12.5. The highest BCUT2D eigenvalue weighted by Gasteiger charge is 2.17. The van der Waals surface area contributed by atoms with Crippen molar-refractivity contribution in [1.29, 1.82) is 0 Å². The first-order valence-electron chi connectivity index (χ1n) is 6.13. The maximum atomic E-state index is 12.1. The van der Waals surface area contributed by atoms with Gasteiger partial charge < -0.3 is 9.13 Å².